The Morgan fingerprint density at radius 2 is 1.64 bits per heavy atom. The largest absolute Gasteiger partial charge is 0.379 e. The van der Waals surface area contributed by atoms with Gasteiger partial charge >= 0.3 is 0 Å². The summed E-state index contributed by atoms with van der Waals surface area (Å²) in [6.45, 7) is 6.39. The molecule has 1 aromatic heterocycles. The van der Waals surface area contributed by atoms with Crippen molar-refractivity contribution in [2.75, 3.05) is 5.32 Å². The van der Waals surface area contributed by atoms with Crippen molar-refractivity contribution < 1.29 is 8.78 Å². The summed E-state index contributed by atoms with van der Waals surface area (Å²) in [5, 5.41) is 3.27. The van der Waals surface area contributed by atoms with Gasteiger partial charge in [-0.15, -0.1) is 0 Å². The first-order valence-corrected chi connectivity index (χ1v) is 7.39. The Balaban J connectivity index is 1.66. The number of hydrogen-bond donors (Lipinski definition) is 1. The second-order valence-electron chi connectivity index (χ2n) is 5.92. The third kappa shape index (κ3) is 2.93. The maximum absolute atomic E-state index is 13.0. The third-order valence-electron chi connectivity index (χ3n) is 4.18. The summed E-state index contributed by atoms with van der Waals surface area (Å²) in [4.78, 5) is 9.00. The van der Waals surface area contributed by atoms with E-state index in [0.717, 1.165) is 28.5 Å². The number of alkyl halides is 2. The van der Waals surface area contributed by atoms with Crippen LogP contribution in [0.1, 0.15) is 40.7 Å². The quantitative estimate of drug-likeness (QED) is 0.922. The molecule has 0 aliphatic heterocycles. The number of hydrogen-bond acceptors (Lipinski definition) is 3. The number of aryl methyl sites for hydroxylation is 3. The van der Waals surface area contributed by atoms with E-state index >= 15 is 0 Å². The zero-order chi connectivity index (χ0) is 15.9. The topological polar surface area (TPSA) is 37.8 Å². The van der Waals surface area contributed by atoms with Gasteiger partial charge in [-0.25, -0.2) is 8.78 Å². The molecule has 1 aliphatic rings. The van der Waals surface area contributed by atoms with Crippen LogP contribution in [0.3, 0.4) is 0 Å². The molecular formula is C17H19F2N3. The van der Waals surface area contributed by atoms with Crippen molar-refractivity contribution in [1.29, 1.82) is 0 Å². The van der Waals surface area contributed by atoms with Crippen molar-refractivity contribution in [2.45, 2.75) is 45.6 Å². The van der Waals surface area contributed by atoms with E-state index in [1.165, 1.54) is 0 Å². The number of anilines is 1. The summed E-state index contributed by atoms with van der Waals surface area (Å²) in [6, 6.07) is 7.22. The zero-order valence-electron chi connectivity index (χ0n) is 13.0. The van der Waals surface area contributed by atoms with Crippen molar-refractivity contribution in [3.63, 3.8) is 0 Å². The Hall–Kier alpha value is -2.04. The predicted molar refractivity (Wildman–Crippen MR) is 82.3 cm³/mol. The van der Waals surface area contributed by atoms with Crippen molar-refractivity contribution in [3.05, 3.63) is 52.6 Å². The standard InChI is InChI=1S/C17H19F2N3/c1-10-11(2)22-16(12(3)21-10)9-20-14-6-4-13(5-7-14)15-8-17(15,18)19/h4-7,15,20H,8-9H2,1-3H3. The molecule has 0 spiro atoms. The normalized spacial score (nSPS) is 19.0. The second kappa shape index (κ2) is 5.30. The zero-order valence-corrected chi connectivity index (χ0v) is 13.0. The number of benzene rings is 1. The highest BCUT2D eigenvalue weighted by atomic mass is 19.3. The van der Waals surface area contributed by atoms with Crippen molar-refractivity contribution in [3.8, 4) is 0 Å². The van der Waals surface area contributed by atoms with Crippen LogP contribution in [0.25, 0.3) is 0 Å². The molecule has 0 amide bonds. The van der Waals surface area contributed by atoms with Crippen LogP contribution in [0, 0.1) is 20.8 Å². The summed E-state index contributed by atoms with van der Waals surface area (Å²) in [6.07, 6.45) is -0.0306. The molecule has 116 valence electrons. The van der Waals surface area contributed by atoms with Gasteiger partial charge < -0.3 is 5.32 Å². The van der Waals surface area contributed by atoms with E-state index in [2.05, 4.69) is 15.3 Å². The summed E-state index contributed by atoms with van der Waals surface area (Å²) in [5.74, 6) is -3.12. The Morgan fingerprint density at radius 3 is 2.23 bits per heavy atom. The summed E-state index contributed by atoms with van der Waals surface area (Å²) >= 11 is 0. The van der Waals surface area contributed by atoms with Crippen LogP contribution in [-0.2, 0) is 6.54 Å². The van der Waals surface area contributed by atoms with E-state index in [4.69, 9.17) is 0 Å². The first kappa shape index (κ1) is 14.9. The molecule has 2 aromatic rings. The van der Waals surface area contributed by atoms with E-state index in [9.17, 15) is 8.78 Å². The summed E-state index contributed by atoms with van der Waals surface area (Å²) in [5.41, 5.74) is 5.28. The maximum Gasteiger partial charge on any atom is 0.255 e. The lowest BCUT2D eigenvalue weighted by Crippen LogP contribution is -2.08. The molecule has 22 heavy (non-hydrogen) atoms. The number of aromatic nitrogens is 2. The van der Waals surface area contributed by atoms with Crippen LogP contribution in [0.4, 0.5) is 14.5 Å². The monoisotopic (exact) mass is 303 g/mol. The Kier molecular flexibility index (Phi) is 3.59. The molecule has 1 atom stereocenters. The van der Waals surface area contributed by atoms with E-state index < -0.39 is 11.8 Å². The van der Waals surface area contributed by atoms with Gasteiger partial charge in [-0.3, -0.25) is 9.97 Å². The molecule has 3 rings (SSSR count). The first-order valence-electron chi connectivity index (χ1n) is 7.39. The molecule has 1 N–H and O–H groups in total. The lowest BCUT2D eigenvalue weighted by Gasteiger charge is -2.10. The molecule has 0 radical (unpaired) electrons. The molecular weight excluding hydrogens is 284 g/mol. The maximum atomic E-state index is 13.0. The lowest BCUT2D eigenvalue weighted by molar-refractivity contribution is 0.112. The Morgan fingerprint density at radius 1 is 1.05 bits per heavy atom. The fourth-order valence-electron chi connectivity index (χ4n) is 2.52. The highest BCUT2D eigenvalue weighted by molar-refractivity contribution is 5.47. The van der Waals surface area contributed by atoms with Crippen LogP contribution in [-0.4, -0.2) is 15.9 Å². The molecule has 1 heterocycles. The van der Waals surface area contributed by atoms with Crippen molar-refractivity contribution in [2.24, 2.45) is 0 Å². The van der Waals surface area contributed by atoms with E-state index in [1.54, 1.807) is 12.1 Å². The van der Waals surface area contributed by atoms with Crippen LogP contribution in [0.5, 0.6) is 0 Å². The first-order chi connectivity index (χ1) is 10.4. The smallest absolute Gasteiger partial charge is 0.255 e. The van der Waals surface area contributed by atoms with E-state index in [-0.39, 0.29) is 6.42 Å². The van der Waals surface area contributed by atoms with E-state index in [1.807, 2.05) is 32.9 Å². The Bertz CT molecular complexity index is 696. The van der Waals surface area contributed by atoms with Gasteiger partial charge in [0.05, 0.1) is 35.2 Å². The van der Waals surface area contributed by atoms with E-state index in [0.29, 0.717) is 12.1 Å². The second-order valence-corrected chi connectivity index (χ2v) is 5.92. The lowest BCUT2D eigenvalue weighted by atomic mass is 10.1. The average molecular weight is 303 g/mol. The van der Waals surface area contributed by atoms with Gasteiger partial charge in [0.25, 0.3) is 5.92 Å². The summed E-state index contributed by atoms with van der Waals surface area (Å²) in [7, 11) is 0. The molecule has 5 heteroatoms. The number of nitrogens with zero attached hydrogens (tertiary/aromatic N) is 2. The number of nitrogens with one attached hydrogen (secondary N) is 1. The molecule has 0 saturated heterocycles. The molecule has 1 saturated carbocycles. The van der Waals surface area contributed by atoms with Gasteiger partial charge in [0.2, 0.25) is 0 Å². The fraction of sp³-hybridized carbons (Fsp3) is 0.412. The van der Waals surface area contributed by atoms with Gasteiger partial charge in [-0.1, -0.05) is 12.1 Å². The van der Waals surface area contributed by atoms with Gasteiger partial charge in [0, 0.05) is 12.1 Å². The van der Waals surface area contributed by atoms with Crippen molar-refractivity contribution >= 4 is 5.69 Å². The minimum Gasteiger partial charge on any atom is -0.379 e. The van der Waals surface area contributed by atoms with Gasteiger partial charge in [0.15, 0.2) is 0 Å². The van der Waals surface area contributed by atoms with Crippen LogP contribution < -0.4 is 5.32 Å². The van der Waals surface area contributed by atoms with Crippen LogP contribution in [0.2, 0.25) is 0 Å². The minimum absolute atomic E-state index is 0.0306. The molecule has 0 bridgehead atoms. The third-order valence-corrected chi connectivity index (χ3v) is 4.18. The SMILES string of the molecule is Cc1nc(C)c(CNc2ccc(C3CC3(F)F)cc2)nc1C. The molecule has 3 nitrogen and oxygen atoms in total. The van der Waals surface area contributed by atoms with Gasteiger partial charge in [-0.05, 0) is 38.5 Å². The van der Waals surface area contributed by atoms with Gasteiger partial charge in [-0.2, -0.15) is 0 Å². The van der Waals surface area contributed by atoms with Crippen molar-refractivity contribution in [1.82, 2.24) is 9.97 Å². The fourth-order valence-corrected chi connectivity index (χ4v) is 2.52. The molecule has 1 fully saturated rings. The summed E-state index contributed by atoms with van der Waals surface area (Å²) < 4.78 is 26.1. The number of halogens is 2. The number of rotatable bonds is 4. The average Bonchev–Trinajstić information content (AvgIpc) is 3.11. The highest BCUT2D eigenvalue weighted by Gasteiger charge is 2.57. The van der Waals surface area contributed by atoms with Crippen LogP contribution >= 0.6 is 0 Å². The van der Waals surface area contributed by atoms with Crippen LogP contribution in [0.15, 0.2) is 24.3 Å². The predicted octanol–water partition coefficient (Wildman–Crippen LogP) is 4.14. The Labute approximate surface area is 128 Å². The minimum atomic E-state index is -2.51. The van der Waals surface area contributed by atoms with Gasteiger partial charge in [0.1, 0.15) is 0 Å². The highest BCUT2D eigenvalue weighted by Crippen LogP contribution is 2.55. The molecule has 1 aliphatic carbocycles. The molecule has 1 aromatic carbocycles. The molecule has 1 unspecified atom stereocenters.